The number of carbonyl (C=O) groups is 1. The van der Waals surface area contributed by atoms with E-state index in [2.05, 4.69) is 47.6 Å². The van der Waals surface area contributed by atoms with Crippen LogP contribution in [0.5, 0.6) is 5.88 Å². The van der Waals surface area contributed by atoms with E-state index in [0.29, 0.717) is 29.3 Å². The van der Waals surface area contributed by atoms with Gasteiger partial charge < -0.3 is 4.18 Å². The zero-order valence-electron chi connectivity index (χ0n) is 27.3. The average Bonchev–Trinajstić information content (AvgIpc) is 3.85. The highest BCUT2D eigenvalue weighted by Crippen LogP contribution is 2.47. The summed E-state index contributed by atoms with van der Waals surface area (Å²) in [6, 6.07) is 6.43. The third-order valence-electron chi connectivity index (χ3n) is 8.07. The van der Waals surface area contributed by atoms with Gasteiger partial charge in [-0.1, -0.05) is 55.4 Å². The fraction of sp³-hybridized carbons (Fsp3) is 0.545. The Balaban J connectivity index is 0.000000231. The Morgan fingerprint density at radius 3 is 1.60 bits per heavy atom. The maximum Gasteiger partial charge on any atom is 0.416 e. The topological polar surface area (TPSA) is 112 Å². The maximum absolute atomic E-state index is 12.7. The summed E-state index contributed by atoms with van der Waals surface area (Å²) in [4.78, 5) is 29.1. The summed E-state index contributed by atoms with van der Waals surface area (Å²) >= 11 is 0. The fourth-order valence-corrected chi connectivity index (χ4v) is 5.07. The van der Waals surface area contributed by atoms with E-state index in [9.17, 15) is 26.4 Å². The van der Waals surface area contributed by atoms with Gasteiger partial charge in [0.25, 0.3) is 0 Å². The lowest BCUT2D eigenvalue weighted by atomic mass is 9.91. The molecule has 0 atom stereocenters. The molecule has 2 heterocycles. The van der Waals surface area contributed by atoms with Crippen LogP contribution in [0.15, 0.2) is 41.3 Å². The van der Waals surface area contributed by atoms with E-state index in [-0.39, 0.29) is 38.2 Å². The molecule has 0 aliphatic heterocycles. The van der Waals surface area contributed by atoms with Crippen LogP contribution in [0, 0.1) is 0 Å². The van der Waals surface area contributed by atoms with Crippen LogP contribution in [-0.2, 0) is 38.0 Å². The summed E-state index contributed by atoms with van der Waals surface area (Å²) in [6.07, 6.45) is -0.515. The van der Waals surface area contributed by atoms with Crippen molar-refractivity contribution in [3.8, 4) is 5.88 Å². The van der Waals surface area contributed by atoms with Crippen LogP contribution >= 0.6 is 0 Å². The molecule has 0 radical (unpaired) electrons. The lowest BCUT2D eigenvalue weighted by Gasteiger charge is -2.20. The third-order valence-corrected chi connectivity index (χ3v) is 9.31. The van der Waals surface area contributed by atoms with Gasteiger partial charge in [0.2, 0.25) is 5.88 Å². The zero-order chi connectivity index (χ0) is 33.8. The number of hydrogen-bond donors (Lipinski definition) is 0. The first-order chi connectivity index (χ1) is 20.4. The van der Waals surface area contributed by atoms with Crippen LogP contribution < -0.4 is 4.18 Å². The largest absolute Gasteiger partial charge is 0.416 e. The van der Waals surface area contributed by atoms with E-state index in [0.717, 1.165) is 49.3 Å². The average molecular weight is 647 g/mol. The van der Waals surface area contributed by atoms with Crippen molar-refractivity contribution >= 4 is 15.9 Å². The predicted octanol–water partition coefficient (Wildman–Crippen LogP) is 7.64. The van der Waals surface area contributed by atoms with Gasteiger partial charge in [0, 0.05) is 34.7 Å². The number of benzene rings is 1. The van der Waals surface area contributed by atoms with E-state index >= 15 is 0 Å². The number of halogens is 3. The lowest BCUT2D eigenvalue weighted by Crippen LogP contribution is -2.20. The quantitative estimate of drug-likeness (QED) is 0.198. The molecular weight excluding hydrogens is 605 g/mol. The number of alkyl halides is 3. The van der Waals surface area contributed by atoms with Crippen molar-refractivity contribution in [2.75, 3.05) is 0 Å². The fourth-order valence-electron chi connectivity index (χ4n) is 4.20. The Hall–Kier alpha value is -3.41. The van der Waals surface area contributed by atoms with Crippen molar-refractivity contribution in [1.29, 1.82) is 0 Å². The second kappa shape index (κ2) is 11.4. The Morgan fingerprint density at radius 2 is 1.20 bits per heavy atom. The molecule has 0 N–H and O–H groups in total. The standard InChI is InChI=1S/C19H21F3N2O3S.C14H20N2O/c1-17(2,3)14-11-15(24-16(23-14)18(4)9-10-18)27-28(25,26)13-7-5-12(6-8-13)19(20,21)22;1-9(17)10-8-11(13(2,3)4)16-12(15-10)14(5)6-7-14/h5-8,11H,9-10H2,1-4H3;8H,6-7H2,1-5H3. The van der Waals surface area contributed by atoms with Gasteiger partial charge in [-0.2, -0.15) is 26.6 Å². The van der Waals surface area contributed by atoms with Crippen molar-refractivity contribution in [2.24, 2.45) is 0 Å². The second-order valence-electron chi connectivity index (χ2n) is 14.6. The highest BCUT2D eigenvalue weighted by atomic mass is 32.2. The van der Waals surface area contributed by atoms with Crippen LogP contribution in [0.4, 0.5) is 13.2 Å². The molecule has 0 spiro atoms. The molecule has 5 rings (SSSR count). The van der Waals surface area contributed by atoms with Crippen molar-refractivity contribution in [3.05, 3.63) is 70.7 Å². The molecule has 2 saturated carbocycles. The molecule has 2 aliphatic rings. The van der Waals surface area contributed by atoms with Crippen LogP contribution in [0.1, 0.15) is 127 Å². The summed E-state index contributed by atoms with van der Waals surface area (Å²) in [5.41, 5.74) is 0.680. The summed E-state index contributed by atoms with van der Waals surface area (Å²) in [5.74, 6) is 1.24. The van der Waals surface area contributed by atoms with Crippen molar-refractivity contribution in [1.82, 2.24) is 19.9 Å². The molecule has 0 unspecified atom stereocenters. The Labute approximate surface area is 263 Å². The van der Waals surface area contributed by atoms with E-state index < -0.39 is 21.9 Å². The zero-order valence-corrected chi connectivity index (χ0v) is 28.1. The molecule has 1 aromatic carbocycles. The Kier molecular flexibility index (Phi) is 8.76. The van der Waals surface area contributed by atoms with Gasteiger partial charge in [-0.05, 0) is 56.0 Å². The van der Waals surface area contributed by atoms with Crippen molar-refractivity contribution in [3.63, 3.8) is 0 Å². The van der Waals surface area contributed by atoms with Crippen molar-refractivity contribution < 1.29 is 30.6 Å². The van der Waals surface area contributed by atoms with Gasteiger partial charge >= 0.3 is 16.3 Å². The number of rotatable bonds is 6. The van der Waals surface area contributed by atoms with Crippen LogP contribution in [0.3, 0.4) is 0 Å². The van der Waals surface area contributed by atoms with E-state index in [1.807, 2.05) is 33.8 Å². The van der Waals surface area contributed by atoms with Gasteiger partial charge in [-0.3, -0.25) is 4.79 Å². The minimum Gasteiger partial charge on any atom is -0.358 e. The molecule has 2 fully saturated rings. The van der Waals surface area contributed by atoms with Gasteiger partial charge in [0.15, 0.2) is 5.78 Å². The molecule has 45 heavy (non-hydrogen) atoms. The summed E-state index contributed by atoms with van der Waals surface area (Å²) in [5, 5.41) is 0. The SMILES string of the molecule is CC(=O)c1cc(C(C)(C)C)nc(C2(C)CC2)n1.CC(C)(C)c1cc(OS(=O)(=O)c2ccc(C(F)(F)F)cc2)nc(C2(C)CC2)n1. The first-order valence-corrected chi connectivity index (χ1v) is 16.3. The molecule has 0 amide bonds. The molecule has 2 aromatic heterocycles. The normalized spacial score (nSPS) is 17.2. The summed E-state index contributed by atoms with van der Waals surface area (Å²) in [7, 11) is -4.34. The number of Topliss-reactive ketones (excluding diaryl/α,β-unsaturated/α-hetero) is 1. The number of ketones is 1. The van der Waals surface area contributed by atoms with Gasteiger partial charge in [-0.25, -0.2) is 15.0 Å². The van der Waals surface area contributed by atoms with Crippen LogP contribution in [0.2, 0.25) is 0 Å². The minimum atomic E-state index is -4.55. The van der Waals surface area contributed by atoms with Crippen LogP contribution in [0.25, 0.3) is 0 Å². The van der Waals surface area contributed by atoms with Gasteiger partial charge in [0.05, 0.1) is 17.0 Å². The highest BCUT2D eigenvalue weighted by Gasteiger charge is 2.44. The molecular formula is C33H41F3N4O4S. The van der Waals surface area contributed by atoms with Gasteiger partial charge in [0.1, 0.15) is 22.2 Å². The summed E-state index contributed by atoms with van der Waals surface area (Å²) < 4.78 is 68.3. The number of carbonyl (C=O) groups excluding carboxylic acids is 1. The molecule has 2 aliphatic carbocycles. The highest BCUT2D eigenvalue weighted by molar-refractivity contribution is 7.87. The first-order valence-electron chi connectivity index (χ1n) is 14.9. The Bertz CT molecular complexity index is 1650. The van der Waals surface area contributed by atoms with E-state index in [4.69, 9.17) is 4.18 Å². The number of hydrogen-bond acceptors (Lipinski definition) is 8. The summed E-state index contributed by atoms with van der Waals surface area (Å²) in [6.45, 7) is 17.8. The maximum atomic E-state index is 12.7. The third kappa shape index (κ3) is 8.25. The second-order valence-corrected chi connectivity index (χ2v) is 16.2. The predicted molar refractivity (Wildman–Crippen MR) is 164 cm³/mol. The molecule has 0 bridgehead atoms. The van der Waals surface area contributed by atoms with E-state index in [1.165, 1.54) is 6.07 Å². The monoisotopic (exact) mass is 646 g/mol. The van der Waals surface area contributed by atoms with Gasteiger partial charge in [-0.15, -0.1) is 0 Å². The smallest absolute Gasteiger partial charge is 0.358 e. The first kappa shape index (κ1) is 34.5. The van der Waals surface area contributed by atoms with Crippen LogP contribution in [-0.4, -0.2) is 34.1 Å². The molecule has 244 valence electrons. The molecule has 3 aromatic rings. The molecule has 0 saturated heterocycles. The van der Waals surface area contributed by atoms with Crippen molar-refractivity contribution in [2.45, 2.75) is 121 Å². The number of aromatic nitrogens is 4. The molecule has 8 nitrogen and oxygen atoms in total. The lowest BCUT2D eigenvalue weighted by molar-refractivity contribution is -0.137. The van der Waals surface area contributed by atoms with E-state index in [1.54, 1.807) is 6.92 Å². The minimum absolute atomic E-state index is 0.0170. The molecule has 12 heteroatoms. The Morgan fingerprint density at radius 1 is 0.756 bits per heavy atom. The number of nitrogens with zero attached hydrogens (tertiary/aromatic N) is 4.